The Balaban J connectivity index is 1.99. The van der Waals surface area contributed by atoms with Gasteiger partial charge < -0.3 is 19.7 Å². The molecular weight excluding hydrogens is 314 g/mol. The molecule has 4 unspecified atom stereocenters. The van der Waals surface area contributed by atoms with Gasteiger partial charge in [0.05, 0.1) is 6.04 Å². The van der Waals surface area contributed by atoms with E-state index in [1.54, 1.807) is 6.92 Å². The fourth-order valence-electron chi connectivity index (χ4n) is 4.17. The first-order chi connectivity index (χ1) is 11.1. The molecule has 2 fully saturated rings. The molecule has 2 heterocycles. The fraction of sp³-hybridized carbons (Fsp3) is 0.625. The normalized spacial score (nSPS) is 29.5. The van der Waals surface area contributed by atoms with E-state index in [2.05, 4.69) is 24.1 Å². The number of oxazole rings is 1. The maximum absolute atomic E-state index is 12.8. The smallest absolute Gasteiger partial charge is 0.331 e. The number of carboxylic acids is 1. The van der Waals surface area contributed by atoms with E-state index in [-0.39, 0.29) is 28.9 Å². The number of hydrogen-bond acceptors (Lipinski definition) is 5. The molecule has 2 aliphatic rings. The Morgan fingerprint density at radius 3 is 2.71 bits per heavy atom. The summed E-state index contributed by atoms with van der Waals surface area (Å²) in [4.78, 5) is 41.3. The Bertz CT molecular complexity index is 712. The predicted octanol–water partition coefficient (Wildman–Crippen LogP) is 0.669. The summed E-state index contributed by atoms with van der Waals surface area (Å²) in [5.74, 6) is -0.974. The van der Waals surface area contributed by atoms with Gasteiger partial charge in [-0.1, -0.05) is 13.8 Å². The minimum atomic E-state index is -1.57. The number of nitrogens with zero attached hydrogens (tertiary/aromatic N) is 2. The summed E-state index contributed by atoms with van der Waals surface area (Å²) in [6.45, 7) is 7.63. The first-order valence-electron chi connectivity index (χ1n) is 7.82. The number of aliphatic carboxylic acids is 1. The number of carbonyl (C=O) groups excluding carboxylic acids is 2. The molecule has 4 atom stereocenters. The van der Waals surface area contributed by atoms with Gasteiger partial charge in [0, 0.05) is 13.5 Å². The lowest BCUT2D eigenvalue weighted by Gasteiger charge is -2.40. The lowest BCUT2D eigenvalue weighted by molar-refractivity contribution is -0.148. The van der Waals surface area contributed by atoms with E-state index < -0.39 is 17.6 Å². The summed E-state index contributed by atoms with van der Waals surface area (Å²) in [7, 11) is 0. The SMILES string of the molecule is Cc1nc(C(=O)N2CC3C(C2C(C)(NC=O)C(=O)O)C3(C)C)co1. The number of piperidine rings is 1. The molecule has 2 amide bonds. The number of nitrogens with one attached hydrogen (secondary N) is 1. The molecule has 1 saturated carbocycles. The van der Waals surface area contributed by atoms with E-state index in [0.717, 1.165) is 0 Å². The molecule has 8 nitrogen and oxygen atoms in total. The van der Waals surface area contributed by atoms with Gasteiger partial charge in [0.1, 0.15) is 6.26 Å². The van der Waals surface area contributed by atoms with Crippen LogP contribution in [0, 0.1) is 24.2 Å². The van der Waals surface area contributed by atoms with Gasteiger partial charge in [-0.15, -0.1) is 0 Å². The van der Waals surface area contributed by atoms with Gasteiger partial charge in [-0.05, 0) is 24.2 Å². The Labute approximate surface area is 139 Å². The predicted molar refractivity (Wildman–Crippen MR) is 82.1 cm³/mol. The maximum Gasteiger partial charge on any atom is 0.331 e. The molecule has 0 bridgehead atoms. The van der Waals surface area contributed by atoms with E-state index in [0.29, 0.717) is 18.8 Å². The Kier molecular flexibility index (Phi) is 3.47. The van der Waals surface area contributed by atoms with Crippen molar-refractivity contribution in [2.45, 2.75) is 39.3 Å². The van der Waals surface area contributed by atoms with Crippen molar-refractivity contribution in [3.05, 3.63) is 17.8 Å². The van der Waals surface area contributed by atoms with Gasteiger partial charge >= 0.3 is 5.97 Å². The third-order valence-corrected chi connectivity index (χ3v) is 5.70. The second-order valence-corrected chi connectivity index (χ2v) is 7.38. The van der Waals surface area contributed by atoms with Crippen LogP contribution in [-0.4, -0.2) is 51.4 Å². The molecule has 0 spiro atoms. The zero-order valence-electron chi connectivity index (χ0n) is 14.1. The van der Waals surface area contributed by atoms with Gasteiger partial charge in [0.2, 0.25) is 6.41 Å². The molecule has 1 aromatic heterocycles. The third-order valence-electron chi connectivity index (χ3n) is 5.70. The van der Waals surface area contributed by atoms with Crippen LogP contribution in [0.3, 0.4) is 0 Å². The molecule has 130 valence electrons. The van der Waals surface area contributed by atoms with E-state index in [1.165, 1.54) is 18.1 Å². The molecular formula is C16H21N3O5. The first kappa shape index (κ1) is 16.5. The van der Waals surface area contributed by atoms with Crippen molar-refractivity contribution in [3.63, 3.8) is 0 Å². The minimum absolute atomic E-state index is 0.00278. The molecule has 0 radical (unpaired) electrons. The summed E-state index contributed by atoms with van der Waals surface area (Å²) < 4.78 is 5.09. The van der Waals surface area contributed by atoms with Crippen molar-refractivity contribution in [1.82, 2.24) is 15.2 Å². The number of carboxylic acid groups (broad SMARTS) is 1. The van der Waals surface area contributed by atoms with Crippen molar-refractivity contribution in [2.75, 3.05) is 6.54 Å². The molecule has 8 heteroatoms. The van der Waals surface area contributed by atoms with E-state index >= 15 is 0 Å². The van der Waals surface area contributed by atoms with Crippen molar-refractivity contribution in [2.24, 2.45) is 17.3 Å². The topological polar surface area (TPSA) is 113 Å². The van der Waals surface area contributed by atoms with Gasteiger partial charge in [-0.2, -0.15) is 0 Å². The molecule has 1 aromatic rings. The second-order valence-electron chi connectivity index (χ2n) is 7.38. The highest BCUT2D eigenvalue weighted by atomic mass is 16.4. The average Bonchev–Trinajstić information content (AvgIpc) is 2.93. The van der Waals surface area contributed by atoms with Crippen molar-refractivity contribution >= 4 is 18.3 Å². The maximum atomic E-state index is 12.8. The number of fused-ring (bicyclic) bond motifs is 1. The minimum Gasteiger partial charge on any atom is -0.479 e. The van der Waals surface area contributed by atoms with Crippen LogP contribution in [-0.2, 0) is 9.59 Å². The number of amides is 2. The van der Waals surface area contributed by atoms with Crippen LogP contribution in [0.2, 0.25) is 0 Å². The largest absolute Gasteiger partial charge is 0.479 e. The average molecular weight is 335 g/mol. The molecule has 2 N–H and O–H groups in total. The third kappa shape index (κ3) is 2.12. The van der Waals surface area contributed by atoms with Gasteiger partial charge in [0.15, 0.2) is 17.1 Å². The highest BCUT2D eigenvalue weighted by molar-refractivity contribution is 5.94. The molecule has 0 aromatic carbocycles. The van der Waals surface area contributed by atoms with Crippen molar-refractivity contribution < 1.29 is 23.9 Å². The summed E-state index contributed by atoms with van der Waals surface area (Å²) in [6, 6.07) is -0.648. The van der Waals surface area contributed by atoms with Crippen molar-refractivity contribution in [1.29, 1.82) is 0 Å². The number of aromatic nitrogens is 1. The van der Waals surface area contributed by atoms with Crippen LogP contribution < -0.4 is 5.32 Å². The van der Waals surface area contributed by atoms with Crippen LogP contribution in [0.25, 0.3) is 0 Å². The highest BCUT2D eigenvalue weighted by Crippen LogP contribution is 2.66. The number of hydrogen-bond donors (Lipinski definition) is 2. The molecule has 1 aliphatic heterocycles. The quantitative estimate of drug-likeness (QED) is 0.765. The number of carbonyl (C=O) groups is 3. The monoisotopic (exact) mass is 335 g/mol. The van der Waals surface area contributed by atoms with Crippen molar-refractivity contribution in [3.8, 4) is 0 Å². The first-order valence-corrected chi connectivity index (χ1v) is 7.82. The Morgan fingerprint density at radius 2 is 2.21 bits per heavy atom. The number of aryl methyl sites for hydroxylation is 1. The lowest BCUT2D eigenvalue weighted by Crippen LogP contribution is -2.64. The fourth-order valence-corrected chi connectivity index (χ4v) is 4.17. The van der Waals surface area contributed by atoms with Crippen LogP contribution in [0.1, 0.15) is 37.2 Å². The molecule has 3 rings (SSSR count). The Hall–Kier alpha value is -2.38. The van der Waals surface area contributed by atoms with Crippen LogP contribution in [0.5, 0.6) is 0 Å². The summed E-state index contributed by atoms with van der Waals surface area (Å²) in [6.07, 6.45) is 1.65. The van der Waals surface area contributed by atoms with Gasteiger partial charge in [-0.25, -0.2) is 9.78 Å². The van der Waals surface area contributed by atoms with Crippen LogP contribution in [0.4, 0.5) is 0 Å². The summed E-state index contributed by atoms with van der Waals surface area (Å²) in [5, 5.41) is 12.1. The van der Waals surface area contributed by atoms with Crippen LogP contribution >= 0.6 is 0 Å². The number of likely N-dealkylation sites (tertiary alicyclic amines) is 1. The Morgan fingerprint density at radius 1 is 1.54 bits per heavy atom. The number of rotatable bonds is 5. The second kappa shape index (κ2) is 5.06. The summed E-state index contributed by atoms with van der Waals surface area (Å²) in [5.41, 5.74) is -1.48. The van der Waals surface area contributed by atoms with Crippen LogP contribution in [0.15, 0.2) is 10.7 Å². The van der Waals surface area contributed by atoms with E-state index in [4.69, 9.17) is 4.42 Å². The highest BCUT2D eigenvalue weighted by Gasteiger charge is 2.72. The molecule has 1 aliphatic carbocycles. The standard InChI is InChI=1S/C16H21N3O5/c1-8-18-10(6-24-8)13(21)19-5-9-11(15(9,2)3)12(19)16(4,14(22)23)17-7-20/h6-7,9,11-12H,5H2,1-4H3,(H,17,20)(H,22,23). The zero-order valence-corrected chi connectivity index (χ0v) is 14.1. The molecule has 1 saturated heterocycles. The van der Waals surface area contributed by atoms with Gasteiger partial charge in [-0.3, -0.25) is 9.59 Å². The van der Waals surface area contributed by atoms with E-state index in [9.17, 15) is 19.5 Å². The molecule has 24 heavy (non-hydrogen) atoms. The lowest BCUT2D eigenvalue weighted by atomic mass is 9.85. The van der Waals surface area contributed by atoms with Gasteiger partial charge in [0.25, 0.3) is 5.91 Å². The summed E-state index contributed by atoms with van der Waals surface area (Å²) >= 11 is 0. The zero-order chi connectivity index (χ0) is 17.9. The van der Waals surface area contributed by atoms with E-state index in [1.807, 2.05) is 0 Å².